The van der Waals surface area contributed by atoms with Crippen molar-refractivity contribution in [1.82, 2.24) is 14.7 Å². The second kappa shape index (κ2) is 10.7. The number of hydrogen-bond acceptors (Lipinski definition) is 5. The predicted octanol–water partition coefficient (Wildman–Crippen LogP) is 2.77. The zero-order valence-corrected chi connectivity index (χ0v) is 19.5. The predicted molar refractivity (Wildman–Crippen MR) is 127 cm³/mol. The number of piperazine rings is 1. The van der Waals surface area contributed by atoms with E-state index < -0.39 is 0 Å². The van der Waals surface area contributed by atoms with Crippen molar-refractivity contribution in [2.45, 2.75) is 18.9 Å². The number of likely N-dealkylation sites (N-methyl/N-ethyl adjacent to an activating group) is 1. The van der Waals surface area contributed by atoms with E-state index in [-0.39, 0.29) is 23.8 Å². The maximum atomic E-state index is 13.2. The summed E-state index contributed by atoms with van der Waals surface area (Å²) in [5.41, 5.74) is 0.627. The van der Waals surface area contributed by atoms with Gasteiger partial charge in [-0.05, 0) is 43.4 Å². The van der Waals surface area contributed by atoms with Crippen molar-refractivity contribution in [3.05, 3.63) is 60.2 Å². The standard InChI is InChI=1S/C26H33N3O4/c1-27-14-16-28(17-15-27)25(30)18-21-19-29(26(31)20-8-10-22(32-2)11-9-20)13-12-24(21)33-23-6-4-3-5-7-23/h3-11,21,24H,12-19H2,1-2H3/t21-,24-/m0/s1. The van der Waals surface area contributed by atoms with Crippen LogP contribution < -0.4 is 9.47 Å². The Bertz CT molecular complexity index is 926. The van der Waals surface area contributed by atoms with Gasteiger partial charge in [0.25, 0.3) is 5.91 Å². The molecule has 176 valence electrons. The minimum Gasteiger partial charge on any atom is -0.497 e. The molecule has 0 aromatic heterocycles. The molecule has 0 unspecified atom stereocenters. The van der Waals surface area contributed by atoms with Crippen molar-refractivity contribution < 1.29 is 19.1 Å². The number of methoxy groups -OCH3 is 1. The van der Waals surface area contributed by atoms with Crippen LogP contribution in [0.2, 0.25) is 0 Å². The Labute approximate surface area is 195 Å². The summed E-state index contributed by atoms with van der Waals surface area (Å²) in [5.74, 6) is 1.58. The van der Waals surface area contributed by atoms with Gasteiger partial charge in [-0.1, -0.05) is 18.2 Å². The fourth-order valence-corrected chi connectivity index (χ4v) is 4.55. The van der Waals surface area contributed by atoms with Crippen molar-refractivity contribution in [3.8, 4) is 11.5 Å². The fraction of sp³-hybridized carbons (Fsp3) is 0.462. The van der Waals surface area contributed by atoms with E-state index in [0.29, 0.717) is 31.5 Å². The van der Waals surface area contributed by atoms with Crippen molar-refractivity contribution in [3.63, 3.8) is 0 Å². The number of rotatable bonds is 6. The van der Waals surface area contributed by atoms with E-state index in [0.717, 1.165) is 37.7 Å². The van der Waals surface area contributed by atoms with Crippen LogP contribution in [0.4, 0.5) is 0 Å². The maximum Gasteiger partial charge on any atom is 0.253 e. The molecule has 2 fully saturated rings. The Kier molecular flexibility index (Phi) is 7.50. The van der Waals surface area contributed by atoms with Crippen LogP contribution >= 0.6 is 0 Å². The van der Waals surface area contributed by atoms with E-state index in [1.165, 1.54) is 0 Å². The lowest BCUT2D eigenvalue weighted by molar-refractivity contribution is -0.135. The molecule has 2 atom stereocenters. The topological polar surface area (TPSA) is 62.3 Å². The summed E-state index contributed by atoms with van der Waals surface area (Å²) in [6, 6.07) is 16.9. The first-order chi connectivity index (χ1) is 16.0. The van der Waals surface area contributed by atoms with Crippen LogP contribution in [0.25, 0.3) is 0 Å². The van der Waals surface area contributed by atoms with Crippen LogP contribution in [0, 0.1) is 5.92 Å². The minimum atomic E-state index is -0.108. The van der Waals surface area contributed by atoms with Crippen molar-refractivity contribution in [2.24, 2.45) is 5.92 Å². The van der Waals surface area contributed by atoms with E-state index in [2.05, 4.69) is 11.9 Å². The number of hydrogen-bond donors (Lipinski definition) is 0. The highest BCUT2D eigenvalue weighted by molar-refractivity contribution is 5.94. The van der Waals surface area contributed by atoms with Crippen LogP contribution in [0.3, 0.4) is 0 Å². The lowest BCUT2D eigenvalue weighted by Gasteiger charge is -2.40. The zero-order valence-electron chi connectivity index (χ0n) is 19.5. The third-order valence-electron chi connectivity index (χ3n) is 6.61. The van der Waals surface area contributed by atoms with Gasteiger partial charge in [-0.3, -0.25) is 9.59 Å². The summed E-state index contributed by atoms with van der Waals surface area (Å²) in [4.78, 5) is 32.3. The number of carbonyl (C=O) groups excluding carboxylic acids is 2. The Hall–Kier alpha value is -3.06. The van der Waals surface area contributed by atoms with Gasteiger partial charge >= 0.3 is 0 Å². The molecule has 0 bridgehead atoms. The molecule has 2 aromatic rings. The molecule has 0 radical (unpaired) electrons. The monoisotopic (exact) mass is 451 g/mol. The van der Waals surface area contributed by atoms with Gasteiger partial charge in [-0.2, -0.15) is 0 Å². The minimum absolute atomic E-state index is 0.0205. The van der Waals surface area contributed by atoms with Gasteiger partial charge in [0, 0.05) is 63.6 Å². The molecule has 0 saturated carbocycles. The van der Waals surface area contributed by atoms with Crippen molar-refractivity contribution in [1.29, 1.82) is 0 Å². The first-order valence-corrected chi connectivity index (χ1v) is 11.6. The number of ether oxygens (including phenoxy) is 2. The molecule has 2 saturated heterocycles. The summed E-state index contributed by atoms with van der Waals surface area (Å²) in [7, 11) is 3.69. The normalized spacial score (nSPS) is 21.5. The molecule has 7 heteroatoms. The van der Waals surface area contributed by atoms with Crippen LogP contribution in [0.15, 0.2) is 54.6 Å². The zero-order chi connectivity index (χ0) is 23.2. The Morgan fingerprint density at radius 3 is 2.24 bits per heavy atom. The number of amides is 2. The number of carbonyl (C=O) groups is 2. The van der Waals surface area contributed by atoms with Crippen molar-refractivity contribution in [2.75, 3.05) is 53.4 Å². The van der Waals surface area contributed by atoms with Crippen LogP contribution in [0.5, 0.6) is 11.5 Å². The smallest absolute Gasteiger partial charge is 0.253 e. The number of nitrogens with zero attached hydrogens (tertiary/aromatic N) is 3. The quantitative estimate of drug-likeness (QED) is 0.676. The average Bonchev–Trinajstić information content (AvgIpc) is 2.85. The summed E-state index contributed by atoms with van der Waals surface area (Å²) in [6.45, 7) is 4.38. The number of piperidine rings is 1. The average molecular weight is 452 g/mol. The molecule has 33 heavy (non-hydrogen) atoms. The molecular weight excluding hydrogens is 418 g/mol. The third-order valence-corrected chi connectivity index (χ3v) is 6.61. The van der Waals surface area contributed by atoms with Gasteiger partial charge in [-0.25, -0.2) is 0 Å². The van der Waals surface area contributed by atoms with Gasteiger partial charge in [0.15, 0.2) is 0 Å². The van der Waals surface area contributed by atoms with E-state index >= 15 is 0 Å². The van der Waals surface area contributed by atoms with Gasteiger partial charge < -0.3 is 24.2 Å². The summed E-state index contributed by atoms with van der Waals surface area (Å²) >= 11 is 0. The van der Waals surface area contributed by atoms with Gasteiger partial charge in [0.1, 0.15) is 17.6 Å². The molecule has 0 aliphatic carbocycles. The van der Waals surface area contributed by atoms with E-state index in [4.69, 9.17) is 9.47 Å². The molecule has 2 aromatic carbocycles. The molecule has 7 nitrogen and oxygen atoms in total. The van der Waals surface area contributed by atoms with Gasteiger partial charge in [0.2, 0.25) is 5.91 Å². The first kappa shape index (κ1) is 23.1. The largest absolute Gasteiger partial charge is 0.497 e. The maximum absolute atomic E-state index is 13.2. The SMILES string of the molecule is COc1ccc(C(=O)N2CC[C@H](Oc3ccccc3)[C@@H](CC(=O)N3CCN(C)CC3)C2)cc1. The van der Waals surface area contributed by atoms with Gasteiger partial charge in [-0.15, -0.1) is 0 Å². The number of benzene rings is 2. The molecule has 4 rings (SSSR count). The molecule has 2 heterocycles. The van der Waals surface area contributed by atoms with Gasteiger partial charge in [0.05, 0.1) is 7.11 Å². The summed E-state index contributed by atoms with van der Waals surface area (Å²) in [5, 5.41) is 0. The van der Waals surface area contributed by atoms with Crippen LogP contribution in [-0.4, -0.2) is 86.0 Å². The third kappa shape index (κ3) is 5.85. The first-order valence-electron chi connectivity index (χ1n) is 11.6. The molecular formula is C26H33N3O4. The van der Waals surface area contributed by atoms with E-state index in [9.17, 15) is 9.59 Å². The van der Waals surface area contributed by atoms with Crippen molar-refractivity contribution >= 4 is 11.8 Å². The highest BCUT2D eigenvalue weighted by Crippen LogP contribution is 2.27. The van der Waals surface area contributed by atoms with Crippen LogP contribution in [0.1, 0.15) is 23.2 Å². The summed E-state index contributed by atoms with van der Waals surface area (Å²) < 4.78 is 11.5. The summed E-state index contributed by atoms with van der Waals surface area (Å²) in [6.07, 6.45) is 0.967. The lowest BCUT2D eigenvalue weighted by Crippen LogP contribution is -2.51. The molecule has 0 N–H and O–H groups in total. The Morgan fingerprint density at radius 1 is 0.879 bits per heavy atom. The number of para-hydroxylation sites is 1. The van der Waals surface area contributed by atoms with Crippen LogP contribution in [-0.2, 0) is 4.79 Å². The Balaban J connectivity index is 1.46. The second-order valence-corrected chi connectivity index (χ2v) is 8.89. The second-order valence-electron chi connectivity index (χ2n) is 8.89. The fourth-order valence-electron chi connectivity index (χ4n) is 4.55. The molecule has 2 aliphatic heterocycles. The molecule has 2 amide bonds. The Morgan fingerprint density at radius 2 is 1.58 bits per heavy atom. The highest BCUT2D eigenvalue weighted by atomic mass is 16.5. The van der Waals surface area contributed by atoms with E-state index in [1.54, 1.807) is 31.4 Å². The molecule has 2 aliphatic rings. The van der Waals surface area contributed by atoms with E-state index in [1.807, 2.05) is 40.1 Å². The highest BCUT2D eigenvalue weighted by Gasteiger charge is 2.36. The lowest BCUT2D eigenvalue weighted by atomic mass is 9.90. The molecule has 0 spiro atoms. The number of likely N-dealkylation sites (tertiary alicyclic amines) is 1.